The monoisotopic (exact) mass is 277 g/mol. The molecule has 1 fully saturated rings. The van der Waals surface area contributed by atoms with Crippen LogP contribution in [0.3, 0.4) is 0 Å². The van der Waals surface area contributed by atoms with E-state index in [2.05, 4.69) is 20.9 Å². The molecule has 4 nitrogen and oxygen atoms in total. The van der Waals surface area contributed by atoms with Gasteiger partial charge >= 0.3 is 5.97 Å². The molecular weight excluding hydrogens is 270 g/mol. The van der Waals surface area contributed by atoms with Crippen molar-refractivity contribution in [3.63, 3.8) is 0 Å². The van der Waals surface area contributed by atoms with Gasteiger partial charge in [-0.25, -0.2) is 9.78 Å². The summed E-state index contributed by atoms with van der Waals surface area (Å²) >= 11 is 4.53. The van der Waals surface area contributed by atoms with Gasteiger partial charge in [0.15, 0.2) is 9.61 Å². The summed E-state index contributed by atoms with van der Waals surface area (Å²) in [6.07, 6.45) is 1.79. The van der Waals surface area contributed by atoms with Crippen molar-refractivity contribution in [2.24, 2.45) is 0 Å². The summed E-state index contributed by atoms with van der Waals surface area (Å²) in [5.41, 5.74) is 0.119. The topological polar surface area (TPSA) is 59.4 Å². The number of rotatable bonds is 2. The van der Waals surface area contributed by atoms with Gasteiger partial charge in [-0.3, -0.25) is 0 Å². The first-order valence-corrected chi connectivity index (χ1v) is 5.80. The van der Waals surface area contributed by atoms with Gasteiger partial charge in [0.25, 0.3) is 0 Å². The van der Waals surface area contributed by atoms with Crippen LogP contribution in [0.2, 0.25) is 0 Å². The van der Waals surface area contributed by atoms with Crippen LogP contribution in [0, 0.1) is 0 Å². The van der Waals surface area contributed by atoms with Gasteiger partial charge in [-0.05, 0) is 28.8 Å². The van der Waals surface area contributed by atoms with Crippen molar-refractivity contribution in [1.29, 1.82) is 0 Å². The minimum absolute atomic E-state index is 0.0788. The molecule has 1 unspecified atom stereocenters. The molecule has 0 aliphatic carbocycles. The predicted octanol–water partition coefficient (Wildman–Crippen LogP) is 2.46. The van der Waals surface area contributed by atoms with Crippen LogP contribution in [0.4, 0.5) is 0 Å². The summed E-state index contributed by atoms with van der Waals surface area (Å²) in [6, 6.07) is 0. The summed E-state index contributed by atoms with van der Waals surface area (Å²) < 4.78 is 6.03. The van der Waals surface area contributed by atoms with Crippen LogP contribution in [0.1, 0.15) is 34.3 Å². The molecule has 2 heterocycles. The van der Waals surface area contributed by atoms with Gasteiger partial charge in [0.1, 0.15) is 0 Å². The number of carboxylic acid groups (broad SMARTS) is 1. The van der Waals surface area contributed by atoms with Crippen molar-refractivity contribution in [2.75, 3.05) is 6.61 Å². The van der Waals surface area contributed by atoms with Gasteiger partial charge in [0.2, 0.25) is 0 Å². The number of carboxylic acids is 1. The molecule has 0 spiro atoms. The molecule has 1 aliphatic heterocycles. The van der Waals surface area contributed by atoms with Gasteiger partial charge < -0.3 is 9.84 Å². The van der Waals surface area contributed by atoms with Crippen molar-refractivity contribution in [3.05, 3.63) is 14.5 Å². The largest absolute Gasteiger partial charge is 0.476 e. The van der Waals surface area contributed by atoms with E-state index < -0.39 is 5.97 Å². The van der Waals surface area contributed by atoms with Crippen LogP contribution >= 0.6 is 27.3 Å². The molecule has 0 aromatic carbocycles. The highest BCUT2D eigenvalue weighted by atomic mass is 79.9. The number of halogens is 1. The number of carbonyl (C=O) groups is 1. The van der Waals surface area contributed by atoms with E-state index in [1.807, 2.05) is 0 Å². The molecule has 1 saturated heterocycles. The van der Waals surface area contributed by atoms with E-state index in [0.29, 0.717) is 10.5 Å². The Labute approximate surface area is 93.0 Å². The van der Waals surface area contributed by atoms with Crippen LogP contribution in [0.5, 0.6) is 0 Å². The van der Waals surface area contributed by atoms with E-state index in [9.17, 15) is 4.79 Å². The third kappa shape index (κ3) is 1.82. The van der Waals surface area contributed by atoms with Crippen LogP contribution in [-0.4, -0.2) is 22.7 Å². The molecule has 2 rings (SSSR count). The minimum atomic E-state index is -0.988. The molecule has 1 aromatic heterocycles. The van der Waals surface area contributed by atoms with E-state index in [-0.39, 0.29) is 11.8 Å². The summed E-state index contributed by atoms with van der Waals surface area (Å²) in [4.78, 5) is 15.5. The maximum atomic E-state index is 10.9. The molecule has 0 amide bonds. The van der Waals surface area contributed by atoms with E-state index in [4.69, 9.17) is 9.84 Å². The Morgan fingerprint density at radius 1 is 1.71 bits per heavy atom. The standard InChI is InChI=1S/C8H8BrNO3S/c9-8-10-5(7(11)12)6(14-8)4-2-1-3-13-4/h4H,1-3H2,(H,11,12). The molecule has 76 valence electrons. The Bertz CT molecular complexity index is 359. The fraction of sp³-hybridized carbons (Fsp3) is 0.500. The first-order chi connectivity index (χ1) is 6.68. The van der Waals surface area contributed by atoms with Gasteiger partial charge in [-0.2, -0.15) is 0 Å². The van der Waals surface area contributed by atoms with Gasteiger partial charge in [-0.15, -0.1) is 11.3 Å². The smallest absolute Gasteiger partial charge is 0.355 e. The van der Waals surface area contributed by atoms with Crippen molar-refractivity contribution >= 4 is 33.2 Å². The normalized spacial score (nSPS) is 21.4. The Morgan fingerprint density at radius 2 is 2.50 bits per heavy atom. The first kappa shape index (κ1) is 10.1. The van der Waals surface area contributed by atoms with E-state index in [1.54, 1.807) is 0 Å². The molecular formula is C8H8BrNO3S. The highest BCUT2D eigenvalue weighted by Gasteiger charge is 2.27. The maximum absolute atomic E-state index is 10.9. The fourth-order valence-electron chi connectivity index (χ4n) is 1.46. The third-order valence-electron chi connectivity index (χ3n) is 2.05. The number of aromatic nitrogens is 1. The Balaban J connectivity index is 2.35. The molecule has 14 heavy (non-hydrogen) atoms. The molecule has 0 bridgehead atoms. The van der Waals surface area contributed by atoms with Crippen LogP contribution < -0.4 is 0 Å². The van der Waals surface area contributed by atoms with E-state index >= 15 is 0 Å². The summed E-state index contributed by atoms with van der Waals surface area (Å²) in [5.74, 6) is -0.988. The van der Waals surface area contributed by atoms with E-state index in [1.165, 1.54) is 11.3 Å². The van der Waals surface area contributed by atoms with Gasteiger partial charge in [0.05, 0.1) is 11.0 Å². The lowest BCUT2D eigenvalue weighted by Crippen LogP contribution is -2.04. The number of nitrogens with zero attached hydrogens (tertiary/aromatic N) is 1. The predicted molar refractivity (Wildman–Crippen MR) is 54.7 cm³/mol. The second-order valence-electron chi connectivity index (χ2n) is 2.99. The molecule has 0 saturated carbocycles. The SMILES string of the molecule is O=C(O)c1nc(Br)sc1C1CCCO1. The second-order valence-corrected chi connectivity index (χ2v) is 5.29. The summed E-state index contributed by atoms with van der Waals surface area (Å²) in [5, 5.41) is 8.91. The zero-order valence-electron chi connectivity index (χ0n) is 7.20. The lowest BCUT2D eigenvalue weighted by Gasteiger charge is -2.06. The zero-order chi connectivity index (χ0) is 10.1. The van der Waals surface area contributed by atoms with Gasteiger partial charge in [0, 0.05) is 6.61 Å². The lowest BCUT2D eigenvalue weighted by atomic mass is 10.2. The minimum Gasteiger partial charge on any atom is -0.476 e. The molecule has 1 atom stereocenters. The molecule has 1 aromatic rings. The third-order valence-corrected chi connectivity index (χ3v) is 3.65. The molecule has 6 heteroatoms. The fourth-order valence-corrected chi connectivity index (χ4v) is 3.03. The summed E-state index contributed by atoms with van der Waals surface area (Å²) in [6.45, 7) is 0.708. The van der Waals surface area contributed by atoms with Crippen LogP contribution in [0.25, 0.3) is 0 Å². The quantitative estimate of drug-likeness (QED) is 0.902. The number of hydrogen-bond donors (Lipinski definition) is 1. The van der Waals surface area contributed by atoms with Crippen molar-refractivity contribution in [3.8, 4) is 0 Å². The number of ether oxygens (including phenoxy) is 1. The Morgan fingerprint density at radius 3 is 3.07 bits per heavy atom. The Hall–Kier alpha value is -0.460. The van der Waals surface area contributed by atoms with E-state index in [0.717, 1.165) is 17.7 Å². The van der Waals surface area contributed by atoms with Gasteiger partial charge in [-0.1, -0.05) is 0 Å². The average molecular weight is 278 g/mol. The highest BCUT2D eigenvalue weighted by Crippen LogP contribution is 2.36. The van der Waals surface area contributed by atoms with Crippen molar-refractivity contribution < 1.29 is 14.6 Å². The lowest BCUT2D eigenvalue weighted by molar-refractivity contribution is 0.0677. The van der Waals surface area contributed by atoms with Crippen molar-refractivity contribution in [2.45, 2.75) is 18.9 Å². The highest BCUT2D eigenvalue weighted by molar-refractivity contribution is 9.11. The number of thiazole rings is 1. The molecule has 1 aliphatic rings. The van der Waals surface area contributed by atoms with Crippen LogP contribution in [-0.2, 0) is 4.74 Å². The van der Waals surface area contributed by atoms with Crippen molar-refractivity contribution in [1.82, 2.24) is 4.98 Å². The first-order valence-electron chi connectivity index (χ1n) is 4.19. The number of aromatic carboxylic acids is 1. The Kier molecular flexibility index (Phi) is 2.85. The van der Waals surface area contributed by atoms with Crippen LogP contribution in [0.15, 0.2) is 3.92 Å². The second kappa shape index (κ2) is 3.96. The maximum Gasteiger partial charge on any atom is 0.355 e. The summed E-state index contributed by atoms with van der Waals surface area (Å²) in [7, 11) is 0. The molecule has 1 N–H and O–H groups in total. The molecule has 0 radical (unpaired) electrons. The number of hydrogen-bond acceptors (Lipinski definition) is 4. The average Bonchev–Trinajstić information content (AvgIpc) is 2.70. The zero-order valence-corrected chi connectivity index (χ0v) is 9.60.